The summed E-state index contributed by atoms with van der Waals surface area (Å²) in [6.07, 6.45) is 3.11. The summed E-state index contributed by atoms with van der Waals surface area (Å²) in [6.45, 7) is 0.336. The van der Waals surface area contributed by atoms with E-state index >= 15 is 0 Å². The Labute approximate surface area is 69.6 Å². The molecule has 0 aromatic carbocycles. The van der Waals surface area contributed by atoms with E-state index in [9.17, 15) is 0 Å². The van der Waals surface area contributed by atoms with E-state index in [-0.39, 0.29) is 5.28 Å². The molecular formula is C7H6ClN3. The van der Waals surface area contributed by atoms with Crippen LogP contribution in [0.25, 0.3) is 0 Å². The summed E-state index contributed by atoms with van der Waals surface area (Å²) < 4.78 is 0. The topological polar surface area (TPSA) is 51.8 Å². The first-order valence-corrected chi connectivity index (χ1v) is 3.37. The third-order valence-electron chi connectivity index (χ3n) is 0.955. The zero-order valence-electron chi connectivity index (χ0n) is 5.71. The van der Waals surface area contributed by atoms with Gasteiger partial charge in [0.25, 0.3) is 0 Å². The zero-order valence-corrected chi connectivity index (χ0v) is 6.47. The van der Waals surface area contributed by atoms with Crippen LogP contribution >= 0.6 is 11.6 Å². The van der Waals surface area contributed by atoms with Crippen molar-refractivity contribution in [2.45, 2.75) is 0 Å². The second-order valence-corrected chi connectivity index (χ2v) is 2.08. The van der Waals surface area contributed by atoms with Crippen LogP contribution in [0.15, 0.2) is 12.4 Å². The van der Waals surface area contributed by atoms with Crippen LogP contribution in [0.2, 0.25) is 5.28 Å². The highest BCUT2D eigenvalue weighted by Gasteiger charge is 1.88. The van der Waals surface area contributed by atoms with Crippen molar-refractivity contribution in [1.29, 1.82) is 0 Å². The molecular weight excluding hydrogens is 162 g/mol. The maximum atomic E-state index is 5.45. The SMILES string of the molecule is NCC#Cc1cnc(Cl)nc1. The molecule has 4 heteroatoms. The Morgan fingerprint density at radius 3 is 2.64 bits per heavy atom. The van der Waals surface area contributed by atoms with Crippen LogP contribution in [-0.2, 0) is 0 Å². The summed E-state index contributed by atoms with van der Waals surface area (Å²) in [5.74, 6) is 5.45. The Kier molecular flexibility index (Phi) is 2.84. The number of rotatable bonds is 0. The third-order valence-corrected chi connectivity index (χ3v) is 1.15. The molecule has 0 atom stereocenters. The lowest BCUT2D eigenvalue weighted by Gasteiger charge is -1.87. The molecule has 1 aromatic heterocycles. The van der Waals surface area contributed by atoms with Crippen LogP contribution in [0.5, 0.6) is 0 Å². The molecule has 11 heavy (non-hydrogen) atoms. The quantitative estimate of drug-likeness (QED) is 0.451. The number of nitrogens with two attached hydrogens (primary N) is 1. The van der Waals surface area contributed by atoms with Crippen LogP contribution < -0.4 is 5.73 Å². The van der Waals surface area contributed by atoms with Crippen LogP contribution in [0.1, 0.15) is 5.56 Å². The molecule has 1 heterocycles. The molecule has 2 N–H and O–H groups in total. The summed E-state index contributed by atoms with van der Waals surface area (Å²) >= 11 is 5.45. The van der Waals surface area contributed by atoms with Gasteiger partial charge >= 0.3 is 0 Å². The van der Waals surface area contributed by atoms with Crippen molar-refractivity contribution in [3.63, 3.8) is 0 Å². The van der Waals surface area contributed by atoms with E-state index in [1.807, 2.05) is 0 Å². The molecule has 3 nitrogen and oxygen atoms in total. The first-order valence-electron chi connectivity index (χ1n) is 2.99. The maximum absolute atomic E-state index is 5.45. The van der Waals surface area contributed by atoms with Gasteiger partial charge in [-0.15, -0.1) is 0 Å². The Bertz CT molecular complexity index is 283. The second-order valence-electron chi connectivity index (χ2n) is 1.75. The Balaban J connectivity index is 2.82. The third kappa shape index (κ3) is 2.54. The smallest absolute Gasteiger partial charge is 0.222 e. The van der Waals surface area contributed by atoms with Gasteiger partial charge in [0.05, 0.1) is 12.1 Å². The maximum Gasteiger partial charge on any atom is 0.222 e. The Hall–Kier alpha value is -1.11. The predicted octanol–water partition coefficient (Wildman–Crippen LogP) is 0.440. The number of hydrogen-bond donors (Lipinski definition) is 1. The summed E-state index contributed by atoms with van der Waals surface area (Å²) in [4.78, 5) is 7.49. The molecule has 56 valence electrons. The first-order chi connectivity index (χ1) is 5.33. The van der Waals surface area contributed by atoms with Gasteiger partial charge in [0.2, 0.25) is 5.28 Å². The predicted molar refractivity (Wildman–Crippen MR) is 43.0 cm³/mol. The van der Waals surface area contributed by atoms with E-state index < -0.39 is 0 Å². The number of aromatic nitrogens is 2. The van der Waals surface area contributed by atoms with Crippen molar-refractivity contribution in [3.8, 4) is 11.8 Å². The van der Waals surface area contributed by atoms with Crippen LogP contribution in [0.3, 0.4) is 0 Å². The lowest BCUT2D eigenvalue weighted by molar-refractivity contribution is 1.16. The zero-order chi connectivity index (χ0) is 8.10. The highest BCUT2D eigenvalue weighted by atomic mass is 35.5. The van der Waals surface area contributed by atoms with E-state index in [2.05, 4.69) is 21.8 Å². The average Bonchev–Trinajstić information content (AvgIpc) is 2.04. The number of hydrogen-bond acceptors (Lipinski definition) is 3. The molecule has 0 amide bonds. The van der Waals surface area contributed by atoms with Crippen molar-refractivity contribution in [2.75, 3.05) is 6.54 Å². The molecule has 0 radical (unpaired) electrons. The fourth-order valence-electron chi connectivity index (χ4n) is 0.530. The largest absolute Gasteiger partial charge is 0.320 e. The summed E-state index contributed by atoms with van der Waals surface area (Å²) in [6, 6.07) is 0. The standard InChI is InChI=1S/C7H6ClN3/c8-7-10-4-6(5-11-7)2-1-3-9/h4-5H,3,9H2. The van der Waals surface area contributed by atoms with Gasteiger partial charge in [0.15, 0.2) is 0 Å². The minimum atomic E-state index is 0.225. The Morgan fingerprint density at radius 2 is 2.09 bits per heavy atom. The monoisotopic (exact) mass is 167 g/mol. The summed E-state index contributed by atoms with van der Waals surface area (Å²) in [5.41, 5.74) is 5.89. The lowest BCUT2D eigenvalue weighted by Crippen LogP contribution is -1.93. The molecule has 0 fully saturated rings. The van der Waals surface area contributed by atoms with Gasteiger partial charge in [-0.25, -0.2) is 9.97 Å². The minimum Gasteiger partial charge on any atom is -0.320 e. The summed E-state index contributed by atoms with van der Waals surface area (Å²) in [7, 11) is 0. The van der Waals surface area contributed by atoms with Gasteiger partial charge in [-0.1, -0.05) is 11.8 Å². The molecule has 0 unspecified atom stereocenters. The van der Waals surface area contributed by atoms with Gasteiger partial charge < -0.3 is 5.73 Å². The number of halogens is 1. The van der Waals surface area contributed by atoms with E-state index in [1.165, 1.54) is 0 Å². The van der Waals surface area contributed by atoms with Gasteiger partial charge in [-0.05, 0) is 11.6 Å². The van der Waals surface area contributed by atoms with Gasteiger partial charge in [0.1, 0.15) is 0 Å². The van der Waals surface area contributed by atoms with E-state index in [4.69, 9.17) is 17.3 Å². The molecule has 0 saturated heterocycles. The molecule has 0 spiro atoms. The van der Waals surface area contributed by atoms with Crippen LogP contribution in [0, 0.1) is 11.8 Å². The lowest BCUT2D eigenvalue weighted by atomic mass is 10.3. The highest BCUT2D eigenvalue weighted by Crippen LogP contribution is 1.98. The van der Waals surface area contributed by atoms with Gasteiger partial charge in [-0.2, -0.15) is 0 Å². The molecule has 1 aromatic rings. The van der Waals surface area contributed by atoms with Crippen LogP contribution in [-0.4, -0.2) is 16.5 Å². The fraction of sp³-hybridized carbons (Fsp3) is 0.143. The van der Waals surface area contributed by atoms with E-state index in [0.29, 0.717) is 6.54 Å². The number of nitrogens with zero attached hydrogens (tertiary/aromatic N) is 2. The Morgan fingerprint density at radius 1 is 1.45 bits per heavy atom. The fourth-order valence-corrected chi connectivity index (χ4v) is 0.628. The van der Waals surface area contributed by atoms with Crippen molar-refractivity contribution < 1.29 is 0 Å². The molecule has 0 aliphatic carbocycles. The second kappa shape index (κ2) is 3.91. The summed E-state index contributed by atoms with van der Waals surface area (Å²) in [5, 5.41) is 0.225. The van der Waals surface area contributed by atoms with Gasteiger partial charge in [0, 0.05) is 12.4 Å². The molecule has 1 rings (SSSR count). The highest BCUT2D eigenvalue weighted by molar-refractivity contribution is 6.28. The van der Waals surface area contributed by atoms with Crippen molar-refractivity contribution in [2.24, 2.45) is 5.73 Å². The normalized spacial score (nSPS) is 8.55. The molecule has 0 aliphatic heterocycles. The minimum absolute atomic E-state index is 0.225. The van der Waals surface area contributed by atoms with Crippen molar-refractivity contribution >= 4 is 11.6 Å². The van der Waals surface area contributed by atoms with E-state index in [0.717, 1.165) is 5.56 Å². The molecule has 0 bridgehead atoms. The molecule has 0 saturated carbocycles. The van der Waals surface area contributed by atoms with Crippen molar-refractivity contribution in [1.82, 2.24) is 9.97 Å². The first kappa shape index (κ1) is 7.99. The van der Waals surface area contributed by atoms with Crippen LogP contribution in [0.4, 0.5) is 0 Å². The van der Waals surface area contributed by atoms with E-state index in [1.54, 1.807) is 12.4 Å². The van der Waals surface area contributed by atoms with Crippen molar-refractivity contribution in [3.05, 3.63) is 23.2 Å². The average molecular weight is 168 g/mol. The molecule has 0 aliphatic rings. The van der Waals surface area contributed by atoms with Gasteiger partial charge in [-0.3, -0.25) is 0 Å².